The van der Waals surface area contributed by atoms with E-state index in [0.717, 1.165) is 36.1 Å². The first-order valence-electron chi connectivity index (χ1n) is 8.66. The Balaban J connectivity index is 2.24. The van der Waals surface area contributed by atoms with Gasteiger partial charge in [0.15, 0.2) is 0 Å². The first-order chi connectivity index (χ1) is 11.5. The Hall–Kier alpha value is -2.10. The summed E-state index contributed by atoms with van der Waals surface area (Å²) in [7, 11) is 0. The predicted octanol–water partition coefficient (Wildman–Crippen LogP) is 4.67. The summed E-state index contributed by atoms with van der Waals surface area (Å²) in [6.07, 6.45) is 9.01. The number of esters is 2. The van der Waals surface area contributed by atoms with Crippen molar-refractivity contribution >= 4 is 11.9 Å². The van der Waals surface area contributed by atoms with E-state index in [9.17, 15) is 9.59 Å². The third kappa shape index (κ3) is 9.13. The van der Waals surface area contributed by atoms with Gasteiger partial charge in [-0.3, -0.25) is 0 Å². The lowest BCUT2D eigenvalue weighted by Gasteiger charge is -2.04. The first-order valence-corrected chi connectivity index (χ1v) is 8.66. The first kappa shape index (κ1) is 19.9. The predicted molar refractivity (Wildman–Crippen MR) is 95.0 cm³/mol. The van der Waals surface area contributed by atoms with Crippen LogP contribution in [0.1, 0.15) is 56.6 Å². The summed E-state index contributed by atoms with van der Waals surface area (Å²) in [5, 5.41) is 0. The zero-order valence-electron chi connectivity index (χ0n) is 15.0. The maximum absolute atomic E-state index is 11.7. The van der Waals surface area contributed by atoms with Crippen LogP contribution in [-0.2, 0) is 14.3 Å². The Morgan fingerprint density at radius 1 is 0.875 bits per heavy atom. The fourth-order valence-electron chi connectivity index (χ4n) is 2.38. The van der Waals surface area contributed by atoms with Crippen LogP contribution in [0, 0.1) is 13.8 Å². The van der Waals surface area contributed by atoms with Gasteiger partial charge in [-0.1, -0.05) is 45.1 Å². The number of aryl methyl sites for hydroxylation is 2. The lowest BCUT2D eigenvalue weighted by molar-refractivity contribution is -0.138. The third-order valence-corrected chi connectivity index (χ3v) is 3.51. The molecule has 0 saturated heterocycles. The maximum Gasteiger partial charge on any atom is 0.336 e. The highest BCUT2D eigenvalue weighted by molar-refractivity contribution is 5.92. The Kier molecular flexibility index (Phi) is 9.51. The van der Waals surface area contributed by atoms with Crippen molar-refractivity contribution in [3.8, 4) is 5.75 Å². The van der Waals surface area contributed by atoms with Crippen molar-refractivity contribution in [1.82, 2.24) is 0 Å². The fourth-order valence-corrected chi connectivity index (χ4v) is 2.38. The van der Waals surface area contributed by atoms with Crippen LogP contribution in [-0.4, -0.2) is 18.5 Å². The highest BCUT2D eigenvalue weighted by Crippen LogP contribution is 2.16. The van der Waals surface area contributed by atoms with E-state index in [2.05, 4.69) is 6.92 Å². The minimum absolute atomic E-state index is 0.390. The molecule has 0 aliphatic heterocycles. The van der Waals surface area contributed by atoms with Crippen molar-refractivity contribution in [3.63, 3.8) is 0 Å². The van der Waals surface area contributed by atoms with Crippen LogP contribution in [0.25, 0.3) is 0 Å². The Bertz CT molecular complexity index is 541. The number of benzene rings is 1. The summed E-state index contributed by atoms with van der Waals surface area (Å²) in [5.74, 6) is -0.625. The quantitative estimate of drug-likeness (QED) is 0.270. The molecular weight excluding hydrogens is 304 g/mol. The molecule has 4 heteroatoms. The smallest absolute Gasteiger partial charge is 0.336 e. The molecule has 0 amide bonds. The lowest BCUT2D eigenvalue weighted by atomic mass is 10.1. The molecule has 0 N–H and O–H groups in total. The van der Waals surface area contributed by atoms with Gasteiger partial charge in [-0.2, -0.15) is 0 Å². The average Bonchev–Trinajstić information content (AvgIpc) is 2.51. The molecular formula is C20H28O4. The van der Waals surface area contributed by atoms with Gasteiger partial charge in [0.2, 0.25) is 0 Å². The van der Waals surface area contributed by atoms with Crippen LogP contribution in [0.5, 0.6) is 5.75 Å². The molecule has 0 aliphatic rings. The largest absolute Gasteiger partial charge is 0.463 e. The highest BCUT2D eigenvalue weighted by Gasteiger charge is 2.04. The molecule has 0 radical (unpaired) electrons. The van der Waals surface area contributed by atoms with E-state index >= 15 is 0 Å². The average molecular weight is 332 g/mol. The Morgan fingerprint density at radius 3 is 2.12 bits per heavy atom. The van der Waals surface area contributed by atoms with Crippen LogP contribution in [0.3, 0.4) is 0 Å². The topological polar surface area (TPSA) is 52.6 Å². The van der Waals surface area contributed by atoms with Crippen LogP contribution in [0.2, 0.25) is 0 Å². The third-order valence-electron chi connectivity index (χ3n) is 3.51. The van der Waals surface area contributed by atoms with Crippen LogP contribution < -0.4 is 4.74 Å². The summed E-state index contributed by atoms with van der Waals surface area (Å²) in [6, 6.07) is 5.54. The van der Waals surface area contributed by atoms with E-state index in [1.165, 1.54) is 25.7 Å². The van der Waals surface area contributed by atoms with Gasteiger partial charge >= 0.3 is 11.9 Å². The number of hydrogen-bond acceptors (Lipinski definition) is 4. The van der Waals surface area contributed by atoms with Gasteiger partial charge in [0, 0.05) is 12.2 Å². The standard InChI is InChI=1S/C20H28O4/c1-4-5-6-7-8-9-12-23-19(21)10-11-20(22)24-18-14-16(2)13-17(3)15-18/h10-11,13-15H,4-9,12H2,1-3H3/b11-10+. The van der Waals surface area contributed by atoms with E-state index in [1.807, 2.05) is 19.9 Å². The molecule has 0 spiro atoms. The number of hydrogen-bond donors (Lipinski definition) is 0. The molecule has 0 fully saturated rings. The molecule has 0 aromatic heterocycles. The summed E-state index contributed by atoms with van der Waals surface area (Å²) >= 11 is 0. The van der Waals surface area contributed by atoms with Gasteiger partial charge in [0.1, 0.15) is 5.75 Å². The molecule has 0 unspecified atom stereocenters. The number of unbranched alkanes of at least 4 members (excludes halogenated alkanes) is 5. The monoisotopic (exact) mass is 332 g/mol. The lowest BCUT2D eigenvalue weighted by Crippen LogP contribution is -2.07. The van der Waals surface area contributed by atoms with E-state index in [0.29, 0.717) is 12.4 Å². The molecule has 0 aliphatic carbocycles. The van der Waals surface area contributed by atoms with E-state index < -0.39 is 11.9 Å². The molecule has 1 aromatic rings. The van der Waals surface area contributed by atoms with Gasteiger partial charge in [-0.05, 0) is 43.5 Å². The Morgan fingerprint density at radius 2 is 1.46 bits per heavy atom. The summed E-state index contributed by atoms with van der Waals surface area (Å²) in [6.45, 7) is 6.43. The Labute approximate surface area is 144 Å². The van der Waals surface area contributed by atoms with Crippen LogP contribution in [0.15, 0.2) is 30.4 Å². The second-order valence-electron chi connectivity index (χ2n) is 6.01. The van der Waals surface area contributed by atoms with Crippen molar-refractivity contribution in [3.05, 3.63) is 41.5 Å². The van der Waals surface area contributed by atoms with Crippen molar-refractivity contribution < 1.29 is 19.1 Å². The van der Waals surface area contributed by atoms with Gasteiger partial charge in [-0.25, -0.2) is 9.59 Å². The van der Waals surface area contributed by atoms with Crippen molar-refractivity contribution in [2.45, 2.75) is 59.3 Å². The molecule has 1 aromatic carbocycles. The highest BCUT2D eigenvalue weighted by atomic mass is 16.5. The van der Waals surface area contributed by atoms with Gasteiger partial charge in [-0.15, -0.1) is 0 Å². The van der Waals surface area contributed by atoms with E-state index in [1.54, 1.807) is 12.1 Å². The molecule has 132 valence electrons. The molecule has 0 saturated carbocycles. The molecule has 4 nitrogen and oxygen atoms in total. The van der Waals surface area contributed by atoms with Gasteiger partial charge in [0.25, 0.3) is 0 Å². The summed E-state index contributed by atoms with van der Waals surface area (Å²) < 4.78 is 10.2. The normalized spacial score (nSPS) is 10.8. The van der Waals surface area contributed by atoms with Gasteiger partial charge < -0.3 is 9.47 Å². The zero-order chi connectivity index (χ0) is 17.8. The zero-order valence-corrected chi connectivity index (χ0v) is 15.0. The molecule has 0 bridgehead atoms. The summed E-state index contributed by atoms with van der Waals surface area (Å²) in [4.78, 5) is 23.2. The van der Waals surface area contributed by atoms with E-state index in [-0.39, 0.29) is 0 Å². The van der Waals surface area contributed by atoms with E-state index in [4.69, 9.17) is 9.47 Å². The maximum atomic E-state index is 11.7. The fraction of sp³-hybridized carbons (Fsp3) is 0.500. The molecule has 0 heterocycles. The van der Waals surface area contributed by atoms with Crippen molar-refractivity contribution in [2.24, 2.45) is 0 Å². The minimum atomic E-state index is -0.587. The number of rotatable bonds is 10. The molecule has 1 rings (SSSR count). The van der Waals surface area contributed by atoms with Crippen molar-refractivity contribution in [1.29, 1.82) is 0 Å². The van der Waals surface area contributed by atoms with Crippen LogP contribution in [0.4, 0.5) is 0 Å². The number of carbonyl (C=O) groups excluding carboxylic acids is 2. The SMILES string of the molecule is CCCCCCCCOC(=O)/C=C/C(=O)Oc1cc(C)cc(C)c1. The second kappa shape index (κ2) is 11.4. The minimum Gasteiger partial charge on any atom is -0.463 e. The van der Waals surface area contributed by atoms with Crippen LogP contribution >= 0.6 is 0 Å². The number of carbonyl (C=O) groups is 2. The van der Waals surface area contributed by atoms with Crippen molar-refractivity contribution in [2.75, 3.05) is 6.61 Å². The molecule has 0 atom stereocenters. The second-order valence-corrected chi connectivity index (χ2v) is 6.01. The summed E-state index contributed by atoms with van der Waals surface area (Å²) in [5.41, 5.74) is 2.03. The number of ether oxygens (including phenoxy) is 2. The van der Waals surface area contributed by atoms with Gasteiger partial charge in [0.05, 0.1) is 6.61 Å². The molecule has 24 heavy (non-hydrogen) atoms.